The summed E-state index contributed by atoms with van der Waals surface area (Å²) in [7, 11) is 0. The number of likely N-dealkylation sites (tertiary alicyclic amines) is 1. The van der Waals surface area contributed by atoms with E-state index in [1.165, 1.54) is 21.6 Å². The van der Waals surface area contributed by atoms with Crippen molar-refractivity contribution in [1.82, 2.24) is 19.7 Å². The number of rotatable bonds is 9. The summed E-state index contributed by atoms with van der Waals surface area (Å²) in [5.74, 6) is 1.50. The van der Waals surface area contributed by atoms with Gasteiger partial charge in [-0.25, -0.2) is 19.3 Å². The molecule has 3 heterocycles. The summed E-state index contributed by atoms with van der Waals surface area (Å²) in [5.41, 5.74) is 8.07. The first-order valence-electron chi connectivity index (χ1n) is 16.4. The number of hydrogen-bond acceptors (Lipinski definition) is 6. The lowest BCUT2D eigenvalue weighted by molar-refractivity contribution is 0.0524. The summed E-state index contributed by atoms with van der Waals surface area (Å²) >= 11 is 0. The molecule has 0 spiro atoms. The fourth-order valence-corrected chi connectivity index (χ4v) is 7.04. The number of aryl methyl sites for hydroxylation is 2. The first-order valence-corrected chi connectivity index (χ1v) is 16.4. The van der Waals surface area contributed by atoms with Gasteiger partial charge in [-0.05, 0) is 91.8 Å². The van der Waals surface area contributed by atoms with E-state index in [0.717, 1.165) is 60.4 Å². The van der Waals surface area contributed by atoms with Gasteiger partial charge in [0.15, 0.2) is 5.82 Å². The second-order valence-corrected chi connectivity index (χ2v) is 12.4. The predicted molar refractivity (Wildman–Crippen MR) is 176 cm³/mol. The van der Waals surface area contributed by atoms with Crippen LogP contribution in [0.1, 0.15) is 103 Å². The number of carbonyl (C=O) groups is 2. The average Bonchev–Trinajstić information content (AvgIpc) is 3.70. The monoisotopic (exact) mass is 622 g/mol. The van der Waals surface area contributed by atoms with Crippen LogP contribution in [0, 0.1) is 0 Å². The topological polar surface area (TPSA) is 107 Å². The third-order valence-electron chi connectivity index (χ3n) is 9.25. The minimum absolute atomic E-state index is 0.0306. The highest BCUT2D eigenvalue weighted by Crippen LogP contribution is 2.42. The normalized spacial score (nSPS) is 16.5. The van der Waals surface area contributed by atoms with Crippen LogP contribution in [0.2, 0.25) is 0 Å². The molecule has 1 fully saturated rings. The average molecular weight is 623 g/mol. The molecule has 1 N–H and O–H groups in total. The van der Waals surface area contributed by atoms with Crippen molar-refractivity contribution in [3.05, 3.63) is 94.3 Å². The van der Waals surface area contributed by atoms with Gasteiger partial charge in [0.25, 0.3) is 0 Å². The van der Waals surface area contributed by atoms with Gasteiger partial charge < -0.3 is 19.5 Å². The lowest BCUT2D eigenvalue weighted by Crippen LogP contribution is -2.36. The van der Waals surface area contributed by atoms with E-state index in [0.29, 0.717) is 37.0 Å². The van der Waals surface area contributed by atoms with Crippen molar-refractivity contribution in [3.63, 3.8) is 0 Å². The van der Waals surface area contributed by atoms with Crippen LogP contribution in [0.25, 0.3) is 17.1 Å². The first kappa shape index (κ1) is 31.3. The van der Waals surface area contributed by atoms with Crippen LogP contribution in [0.15, 0.2) is 60.8 Å². The Kier molecular flexibility index (Phi) is 9.10. The summed E-state index contributed by atoms with van der Waals surface area (Å²) in [5, 5.41) is 13.9. The van der Waals surface area contributed by atoms with Crippen LogP contribution >= 0.6 is 0 Å². The lowest BCUT2D eigenvalue weighted by atomic mass is 9.86. The Bertz CT molecular complexity index is 1740. The van der Waals surface area contributed by atoms with Crippen molar-refractivity contribution in [2.45, 2.75) is 77.7 Å². The number of carbonyl (C=O) groups excluding carboxylic acids is 1. The van der Waals surface area contributed by atoms with Crippen LogP contribution in [-0.2, 0) is 17.6 Å². The van der Waals surface area contributed by atoms with Gasteiger partial charge in [-0.3, -0.25) is 0 Å². The molecule has 46 heavy (non-hydrogen) atoms. The van der Waals surface area contributed by atoms with E-state index in [4.69, 9.17) is 14.5 Å². The van der Waals surface area contributed by atoms with E-state index in [1.807, 2.05) is 32.0 Å². The summed E-state index contributed by atoms with van der Waals surface area (Å²) < 4.78 is 13.8. The maximum Gasteiger partial charge on any atom is 0.407 e. The molecule has 1 saturated heterocycles. The highest BCUT2D eigenvalue weighted by molar-refractivity contribution is 5.90. The van der Waals surface area contributed by atoms with Crippen LogP contribution in [0.3, 0.4) is 0 Å². The molecule has 1 atom stereocenters. The van der Waals surface area contributed by atoms with E-state index >= 15 is 0 Å². The molecule has 4 aromatic rings. The third kappa shape index (κ3) is 6.10. The van der Waals surface area contributed by atoms with Crippen molar-refractivity contribution in [2.75, 3.05) is 19.7 Å². The summed E-state index contributed by atoms with van der Waals surface area (Å²) in [6.07, 6.45) is 4.99. The number of amides is 1. The Morgan fingerprint density at radius 3 is 2.52 bits per heavy atom. The zero-order chi connectivity index (χ0) is 32.4. The smallest absolute Gasteiger partial charge is 0.407 e. The van der Waals surface area contributed by atoms with Gasteiger partial charge in [-0.15, -0.1) is 0 Å². The maximum absolute atomic E-state index is 12.7. The number of hydrogen-bond donors (Lipinski definition) is 1. The molecule has 1 amide bonds. The molecule has 2 aromatic carbocycles. The predicted octanol–water partition coefficient (Wildman–Crippen LogP) is 7.72. The zero-order valence-corrected chi connectivity index (χ0v) is 27.0. The SMILES string of the molecule is CCOC(=O)c1cnn(-c2cccc(-c3cccc4c3C(Oc3ccc(C5CCN(C(=O)O)CC5)c(CC)c3)CC4)n2)c1C(C)C. The number of nitrogens with zero attached hydrogens (tertiary/aromatic N) is 4. The minimum Gasteiger partial charge on any atom is -0.486 e. The first-order chi connectivity index (χ1) is 22.3. The number of piperidine rings is 1. The Labute approximate surface area is 270 Å². The summed E-state index contributed by atoms with van der Waals surface area (Å²) in [4.78, 5) is 30.6. The molecular formula is C37H42N4O5. The lowest BCUT2D eigenvalue weighted by Gasteiger charge is -2.31. The molecule has 1 aliphatic carbocycles. The Hall–Kier alpha value is -4.66. The van der Waals surface area contributed by atoms with Crippen LogP contribution in [-0.4, -0.2) is 56.5 Å². The molecule has 0 radical (unpaired) electrons. The van der Waals surface area contributed by atoms with Gasteiger partial charge in [0.05, 0.1) is 24.2 Å². The fourth-order valence-electron chi connectivity index (χ4n) is 7.04. The van der Waals surface area contributed by atoms with E-state index in [9.17, 15) is 14.7 Å². The van der Waals surface area contributed by atoms with Gasteiger partial charge >= 0.3 is 12.1 Å². The number of esters is 1. The third-order valence-corrected chi connectivity index (χ3v) is 9.25. The molecule has 2 aromatic heterocycles. The van der Waals surface area contributed by atoms with E-state index in [2.05, 4.69) is 48.4 Å². The van der Waals surface area contributed by atoms with Crippen molar-refractivity contribution in [3.8, 4) is 22.8 Å². The molecule has 9 heteroatoms. The molecule has 1 unspecified atom stereocenters. The second kappa shape index (κ2) is 13.4. The number of fused-ring (bicyclic) bond motifs is 1. The van der Waals surface area contributed by atoms with E-state index in [1.54, 1.807) is 17.8 Å². The Morgan fingerprint density at radius 1 is 1.02 bits per heavy atom. The molecule has 6 rings (SSSR count). The molecule has 2 aliphatic rings. The molecule has 240 valence electrons. The molecule has 0 bridgehead atoms. The maximum atomic E-state index is 12.7. The zero-order valence-electron chi connectivity index (χ0n) is 27.0. The number of pyridine rings is 1. The molecule has 1 aliphatic heterocycles. The second-order valence-electron chi connectivity index (χ2n) is 12.4. The van der Waals surface area contributed by atoms with Crippen molar-refractivity contribution < 1.29 is 24.2 Å². The van der Waals surface area contributed by atoms with Crippen LogP contribution < -0.4 is 4.74 Å². The standard InChI is InChI=1S/C37H42N4O5/c1-5-24-21-27(14-15-28(24)25-17-19-40(20-18-25)37(43)44)46-32-16-13-26-9-7-10-29(34(26)32)31-11-8-12-33(39-31)41-35(23(3)4)30(22-38-41)36(42)45-6-2/h7-12,14-15,21-23,25,32H,5-6,13,16-20H2,1-4H3,(H,43,44). The Morgan fingerprint density at radius 2 is 1.80 bits per heavy atom. The molecule has 0 saturated carbocycles. The van der Waals surface area contributed by atoms with Gasteiger partial charge in [-0.2, -0.15) is 5.10 Å². The highest BCUT2D eigenvalue weighted by atomic mass is 16.5. The fraction of sp³-hybridized carbons (Fsp3) is 0.405. The number of ether oxygens (including phenoxy) is 2. The van der Waals surface area contributed by atoms with Gasteiger partial charge in [0, 0.05) is 24.2 Å². The van der Waals surface area contributed by atoms with Gasteiger partial charge in [-0.1, -0.05) is 51.1 Å². The minimum atomic E-state index is -0.833. The van der Waals surface area contributed by atoms with Crippen molar-refractivity contribution in [1.29, 1.82) is 0 Å². The number of aromatic nitrogens is 3. The van der Waals surface area contributed by atoms with Gasteiger partial charge in [0.2, 0.25) is 0 Å². The summed E-state index contributed by atoms with van der Waals surface area (Å²) in [6.45, 7) is 9.47. The van der Waals surface area contributed by atoms with Crippen molar-refractivity contribution in [2.24, 2.45) is 0 Å². The quantitative estimate of drug-likeness (QED) is 0.191. The van der Waals surface area contributed by atoms with Crippen LogP contribution in [0.4, 0.5) is 4.79 Å². The van der Waals surface area contributed by atoms with Gasteiger partial charge in [0.1, 0.15) is 17.4 Å². The van der Waals surface area contributed by atoms with Crippen LogP contribution in [0.5, 0.6) is 5.75 Å². The molecule has 9 nitrogen and oxygen atoms in total. The number of benzene rings is 2. The highest BCUT2D eigenvalue weighted by Gasteiger charge is 2.30. The largest absolute Gasteiger partial charge is 0.486 e. The van der Waals surface area contributed by atoms with E-state index in [-0.39, 0.29) is 18.0 Å². The van der Waals surface area contributed by atoms with E-state index < -0.39 is 6.09 Å². The number of carboxylic acid groups (broad SMARTS) is 1. The van der Waals surface area contributed by atoms with Crippen molar-refractivity contribution >= 4 is 12.1 Å². The Balaban J connectivity index is 1.28. The summed E-state index contributed by atoms with van der Waals surface area (Å²) in [6, 6.07) is 18.7. The molecular weight excluding hydrogens is 580 g/mol.